The SMILES string of the molecule is Cc1[nH]c(C=c2c(=O)[nH][nH]c2=CCc2ccccc2)c(C)c1C(=O)OCCN(C)C. The summed E-state index contributed by atoms with van der Waals surface area (Å²) < 4.78 is 5.39. The third kappa shape index (κ3) is 4.99. The second-order valence-corrected chi connectivity index (χ2v) is 7.55. The van der Waals surface area contributed by atoms with E-state index in [-0.39, 0.29) is 11.5 Å². The second kappa shape index (κ2) is 9.45. The molecule has 7 nitrogen and oxygen atoms in total. The molecule has 0 aliphatic carbocycles. The molecular weight excluding hydrogens is 380 g/mol. The maximum Gasteiger partial charge on any atom is 0.340 e. The number of aromatic amines is 3. The van der Waals surface area contributed by atoms with Gasteiger partial charge in [0, 0.05) is 17.9 Å². The van der Waals surface area contributed by atoms with Crippen LogP contribution in [0.15, 0.2) is 35.1 Å². The van der Waals surface area contributed by atoms with E-state index in [1.807, 2.05) is 69.3 Å². The summed E-state index contributed by atoms with van der Waals surface area (Å²) in [5.41, 5.74) is 3.65. The molecule has 0 saturated heterocycles. The molecule has 3 aromatic rings. The first-order chi connectivity index (χ1) is 14.4. The number of carbonyl (C=O) groups is 1. The molecular formula is C23H28N4O3. The van der Waals surface area contributed by atoms with Gasteiger partial charge in [0.2, 0.25) is 0 Å². The first kappa shape index (κ1) is 21.4. The number of hydrogen-bond donors (Lipinski definition) is 3. The number of aromatic nitrogens is 3. The Balaban J connectivity index is 1.92. The number of carbonyl (C=O) groups excluding carboxylic acids is 1. The molecule has 0 aliphatic heterocycles. The van der Waals surface area contributed by atoms with Gasteiger partial charge in [0.25, 0.3) is 5.56 Å². The zero-order valence-corrected chi connectivity index (χ0v) is 17.8. The van der Waals surface area contributed by atoms with Crippen LogP contribution in [0.25, 0.3) is 12.2 Å². The summed E-state index contributed by atoms with van der Waals surface area (Å²) in [6, 6.07) is 10.0. The number of H-pyrrole nitrogens is 3. The zero-order valence-electron chi connectivity index (χ0n) is 17.8. The Hall–Kier alpha value is -3.32. The average molecular weight is 409 g/mol. The lowest BCUT2D eigenvalue weighted by Gasteiger charge is -2.10. The minimum Gasteiger partial charge on any atom is -0.461 e. The first-order valence-corrected chi connectivity index (χ1v) is 9.90. The Morgan fingerprint density at radius 3 is 2.57 bits per heavy atom. The molecule has 0 spiro atoms. The predicted octanol–water partition coefficient (Wildman–Crippen LogP) is 1.22. The van der Waals surface area contributed by atoms with Crippen molar-refractivity contribution in [2.24, 2.45) is 0 Å². The highest BCUT2D eigenvalue weighted by Crippen LogP contribution is 2.19. The molecule has 0 atom stereocenters. The second-order valence-electron chi connectivity index (χ2n) is 7.55. The Morgan fingerprint density at radius 1 is 1.13 bits per heavy atom. The molecule has 7 heteroatoms. The summed E-state index contributed by atoms with van der Waals surface area (Å²) in [5, 5.41) is 6.80. The number of likely N-dealkylation sites (N-methyl/N-ethyl adjacent to an activating group) is 1. The van der Waals surface area contributed by atoms with Crippen molar-refractivity contribution in [3.63, 3.8) is 0 Å². The maximum atomic E-state index is 12.5. The lowest BCUT2D eigenvalue weighted by Crippen LogP contribution is -2.33. The van der Waals surface area contributed by atoms with Gasteiger partial charge in [-0.1, -0.05) is 36.4 Å². The van der Waals surface area contributed by atoms with Gasteiger partial charge in [-0.25, -0.2) is 4.79 Å². The third-order valence-electron chi connectivity index (χ3n) is 4.97. The van der Waals surface area contributed by atoms with Gasteiger partial charge in [0.1, 0.15) is 6.61 Å². The summed E-state index contributed by atoms with van der Waals surface area (Å²) in [6.45, 7) is 4.67. The number of hydrogen-bond acceptors (Lipinski definition) is 4. The minimum absolute atomic E-state index is 0.212. The molecule has 0 unspecified atom stereocenters. The highest BCUT2D eigenvalue weighted by atomic mass is 16.5. The van der Waals surface area contributed by atoms with Gasteiger partial charge in [-0.05, 0) is 51.6 Å². The normalized spacial score (nSPS) is 12.7. The van der Waals surface area contributed by atoms with E-state index in [2.05, 4.69) is 15.2 Å². The van der Waals surface area contributed by atoms with Crippen molar-refractivity contribution < 1.29 is 9.53 Å². The third-order valence-corrected chi connectivity index (χ3v) is 4.97. The number of ether oxygens (including phenoxy) is 1. The van der Waals surface area contributed by atoms with Crippen molar-refractivity contribution in [2.45, 2.75) is 20.3 Å². The average Bonchev–Trinajstić information content (AvgIpc) is 3.20. The summed E-state index contributed by atoms with van der Waals surface area (Å²) in [5.74, 6) is -0.360. The van der Waals surface area contributed by atoms with E-state index in [1.165, 1.54) is 0 Å². The molecule has 0 aliphatic rings. The van der Waals surface area contributed by atoms with Crippen molar-refractivity contribution in [1.82, 2.24) is 20.1 Å². The lowest BCUT2D eigenvalue weighted by atomic mass is 10.1. The van der Waals surface area contributed by atoms with E-state index in [9.17, 15) is 9.59 Å². The van der Waals surface area contributed by atoms with Crippen LogP contribution in [0.4, 0.5) is 0 Å². The number of aryl methyl sites for hydroxylation is 1. The van der Waals surface area contributed by atoms with Crippen molar-refractivity contribution in [3.8, 4) is 0 Å². The van der Waals surface area contributed by atoms with Gasteiger partial charge in [0.05, 0.1) is 16.1 Å². The molecule has 3 rings (SSSR count). The summed E-state index contributed by atoms with van der Waals surface area (Å²) in [7, 11) is 3.85. The quantitative estimate of drug-likeness (QED) is 0.513. The van der Waals surface area contributed by atoms with Crippen LogP contribution in [0, 0.1) is 13.8 Å². The number of rotatable bonds is 7. The summed E-state index contributed by atoms with van der Waals surface area (Å²) >= 11 is 0. The van der Waals surface area contributed by atoms with Gasteiger partial charge in [-0.15, -0.1) is 0 Å². The van der Waals surface area contributed by atoms with Gasteiger partial charge in [-0.2, -0.15) is 0 Å². The molecule has 1 aromatic carbocycles. The molecule has 30 heavy (non-hydrogen) atoms. The lowest BCUT2D eigenvalue weighted by molar-refractivity contribution is 0.0480. The fourth-order valence-electron chi connectivity index (χ4n) is 3.28. The number of nitrogens with zero attached hydrogens (tertiary/aromatic N) is 1. The van der Waals surface area contributed by atoms with Crippen LogP contribution in [0.2, 0.25) is 0 Å². The molecule has 158 valence electrons. The fraction of sp³-hybridized carbons (Fsp3) is 0.304. The van der Waals surface area contributed by atoms with E-state index in [0.717, 1.165) is 16.8 Å². The molecule has 3 N–H and O–H groups in total. The van der Waals surface area contributed by atoms with Crippen LogP contribution in [0.5, 0.6) is 0 Å². The van der Waals surface area contributed by atoms with E-state index >= 15 is 0 Å². The van der Waals surface area contributed by atoms with Gasteiger partial charge in [-0.3, -0.25) is 15.0 Å². The highest BCUT2D eigenvalue weighted by Gasteiger charge is 2.18. The van der Waals surface area contributed by atoms with E-state index in [1.54, 1.807) is 6.08 Å². The van der Waals surface area contributed by atoms with Crippen LogP contribution in [0.3, 0.4) is 0 Å². The van der Waals surface area contributed by atoms with Gasteiger partial charge < -0.3 is 14.6 Å². The number of benzene rings is 1. The molecule has 0 amide bonds. The standard InChI is InChI=1S/C23H28N4O3/c1-15-20(24-16(2)21(15)23(29)30-13-12-27(3)4)14-18-19(25-26-22(18)28)11-10-17-8-6-5-7-9-17/h5-9,11,14,24-25H,10,12-13H2,1-4H3,(H,26,28). The molecule has 0 fully saturated rings. The van der Waals surface area contributed by atoms with Crippen LogP contribution in [-0.2, 0) is 11.2 Å². The molecule has 0 radical (unpaired) electrons. The van der Waals surface area contributed by atoms with Crippen LogP contribution in [-0.4, -0.2) is 53.3 Å². The Morgan fingerprint density at radius 2 is 1.87 bits per heavy atom. The van der Waals surface area contributed by atoms with Gasteiger partial charge in [0.15, 0.2) is 0 Å². The van der Waals surface area contributed by atoms with Crippen molar-refractivity contribution >= 4 is 18.1 Å². The van der Waals surface area contributed by atoms with Crippen LogP contribution >= 0.6 is 0 Å². The first-order valence-electron chi connectivity index (χ1n) is 9.90. The molecule has 2 aromatic heterocycles. The summed E-state index contributed by atoms with van der Waals surface area (Å²) in [4.78, 5) is 30.0. The Kier molecular flexibility index (Phi) is 6.74. The summed E-state index contributed by atoms with van der Waals surface area (Å²) in [6.07, 6.45) is 4.44. The van der Waals surface area contributed by atoms with E-state index < -0.39 is 0 Å². The van der Waals surface area contributed by atoms with Crippen molar-refractivity contribution in [2.75, 3.05) is 27.2 Å². The monoisotopic (exact) mass is 408 g/mol. The minimum atomic E-state index is -0.360. The van der Waals surface area contributed by atoms with Crippen LogP contribution < -0.4 is 16.1 Å². The maximum absolute atomic E-state index is 12.5. The molecule has 0 saturated carbocycles. The van der Waals surface area contributed by atoms with Crippen molar-refractivity contribution in [3.05, 3.63) is 79.3 Å². The van der Waals surface area contributed by atoms with Crippen LogP contribution in [0.1, 0.15) is 32.9 Å². The van der Waals surface area contributed by atoms with E-state index in [4.69, 9.17) is 4.74 Å². The molecule has 2 heterocycles. The Labute approximate surface area is 175 Å². The predicted molar refractivity (Wildman–Crippen MR) is 118 cm³/mol. The number of nitrogens with one attached hydrogen (secondary N) is 3. The number of esters is 1. The van der Waals surface area contributed by atoms with Crippen molar-refractivity contribution in [1.29, 1.82) is 0 Å². The zero-order chi connectivity index (χ0) is 21.7. The fourth-order valence-corrected chi connectivity index (χ4v) is 3.28. The topological polar surface area (TPSA) is 94.0 Å². The Bertz CT molecular complexity index is 1180. The largest absolute Gasteiger partial charge is 0.461 e. The molecule has 0 bridgehead atoms. The smallest absolute Gasteiger partial charge is 0.340 e. The van der Waals surface area contributed by atoms with Gasteiger partial charge >= 0.3 is 5.97 Å². The van der Waals surface area contributed by atoms with E-state index in [0.29, 0.717) is 41.4 Å². The highest BCUT2D eigenvalue weighted by molar-refractivity contribution is 5.93.